The van der Waals surface area contributed by atoms with E-state index in [1.54, 1.807) is 18.0 Å². The van der Waals surface area contributed by atoms with E-state index >= 15 is 0 Å². The minimum atomic E-state index is -0.0960. The van der Waals surface area contributed by atoms with Gasteiger partial charge in [-0.25, -0.2) is 4.98 Å². The summed E-state index contributed by atoms with van der Waals surface area (Å²) in [5, 5.41) is 3.05. The van der Waals surface area contributed by atoms with E-state index in [1.165, 1.54) is 0 Å². The number of likely N-dealkylation sites (tertiary alicyclic amines) is 1. The van der Waals surface area contributed by atoms with E-state index in [4.69, 9.17) is 9.40 Å². The number of hydrogen-bond acceptors (Lipinski definition) is 6. The summed E-state index contributed by atoms with van der Waals surface area (Å²) in [6.07, 6.45) is 5.09. The highest BCUT2D eigenvalue weighted by Gasteiger charge is 2.30. The number of carbonyl (C=O) groups excluding carboxylic acids is 2. The minimum absolute atomic E-state index is 0.00117. The standard InChI is InChI=1S/C29H33N5O3S/c1-19-6-4-13-34-26(21(3)32-27(19)34)29(36)33-14-10-22(11-15-33)25-24(9-8-20(2)31-25)28(35)30-12-17-38-18-23-7-5-16-37-23/h4-9,13,16,22H,10-12,14-15,17-18H2,1-3H3,(H,30,35). The Morgan fingerprint density at radius 3 is 2.66 bits per heavy atom. The summed E-state index contributed by atoms with van der Waals surface area (Å²) < 4.78 is 7.25. The van der Waals surface area contributed by atoms with Crippen LogP contribution >= 0.6 is 11.8 Å². The number of fused-ring (bicyclic) bond motifs is 1. The van der Waals surface area contributed by atoms with E-state index < -0.39 is 0 Å². The van der Waals surface area contributed by atoms with Crippen molar-refractivity contribution in [1.29, 1.82) is 0 Å². The average Bonchev–Trinajstić information content (AvgIpc) is 3.56. The van der Waals surface area contributed by atoms with E-state index in [-0.39, 0.29) is 17.7 Å². The van der Waals surface area contributed by atoms with Crippen LogP contribution in [0.4, 0.5) is 0 Å². The average molecular weight is 532 g/mol. The van der Waals surface area contributed by atoms with Gasteiger partial charge in [0, 0.05) is 43.2 Å². The van der Waals surface area contributed by atoms with Gasteiger partial charge in [-0.05, 0) is 69.5 Å². The lowest BCUT2D eigenvalue weighted by Gasteiger charge is -2.32. The maximum absolute atomic E-state index is 13.5. The molecule has 0 spiro atoms. The zero-order chi connectivity index (χ0) is 26.6. The first kappa shape index (κ1) is 26.0. The number of nitrogens with one attached hydrogen (secondary N) is 1. The highest BCUT2D eigenvalue weighted by Crippen LogP contribution is 2.30. The Morgan fingerprint density at radius 2 is 1.89 bits per heavy atom. The Labute approximate surface area is 226 Å². The molecule has 0 radical (unpaired) electrons. The molecule has 5 rings (SSSR count). The van der Waals surface area contributed by atoms with Crippen molar-refractivity contribution in [1.82, 2.24) is 24.6 Å². The van der Waals surface area contributed by atoms with Gasteiger partial charge < -0.3 is 14.6 Å². The van der Waals surface area contributed by atoms with Crippen LogP contribution in [0.25, 0.3) is 5.65 Å². The van der Waals surface area contributed by atoms with Crippen molar-refractivity contribution in [3.05, 3.63) is 88.5 Å². The van der Waals surface area contributed by atoms with Gasteiger partial charge in [-0.15, -0.1) is 0 Å². The normalized spacial score (nSPS) is 14.2. The van der Waals surface area contributed by atoms with Crippen LogP contribution in [0.15, 0.2) is 53.3 Å². The molecule has 1 saturated heterocycles. The molecule has 0 saturated carbocycles. The summed E-state index contributed by atoms with van der Waals surface area (Å²) >= 11 is 1.72. The monoisotopic (exact) mass is 531 g/mol. The van der Waals surface area contributed by atoms with Crippen LogP contribution in [0.5, 0.6) is 0 Å². The number of imidazole rings is 1. The first-order valence-corrected chi connectivity index (χ1v) is 14.2. The Morgan fingerprint density at radius 1 is 1.08 bits per heavy atom. The summed E-state index contributed by atoms with van der Waals surface area (Å²) in [6.45, 7) is 7.64. The van der Waals surface area contributed by atoms with Crippen LogP contribution in [0.1, 0.15) is 68.0 Å². The maximum atomic E-state index is 13.5. The molecule has 1 N–H and O–H groups in total. The van der Waals surface area contributed by atoms with Crippen molar-refractivity contribution in [3.63, 3.8) is 0 Å². The molecule has 5 heterocycles. The van der Waals surface area contributed by atoms with Gasteiger partial charge in [-0.2, -0.15) is 11.8 Å². The molecule has 4 aromatic heterocycles. The number of pyridine rings is 2. The Hall–Kier alpha value is -3.59. The molecule has 0 unspecified atom stereocenters. The molecule has 1 aliphatic rings. The summed E-state index contributed by atoms with van der Waals surface area (Å²) in [5.74, 6) is 2.54. The van der Waals surface area contributed by atoms with Gasteiger partial charge in [-0.3, -0.25) is 19.0 Å². The lowest BCUT2D eigenvalue weighted by atomic mass is 9.89. The van der Waals surface area contributed by atoms with Gasteiger partial charge in [0.05, 0.1) is 29.0 Å². The molecule has 1 aliphatic heterocycles. The molecule has 38 heavy (non-hydrogen) atoms. The summed E-state index contributed by atoms with van der Waals surface area (Å²) in [5.41, 5.74) is 5.58. The van der Waals surface area contributed by atoms with Gasteiger partial charge in [0.2, 0.25) is 0 Å². The fourth-order valence-corrected chi connectivity index (χ4v) is 5.82. The largest absolute Gasteiger partial charge is 0.468 e. The van der Waals surface area contributed by atoms with Crippen molar-refractivity contribution in [2.75, 3.05) is 25.4 Å². The van der Waals surface area contributed by atoms with Crippen LogP contribution in [-0.4, -0.2) is 56.5 Å². The molecular weight excluding hydrogens is 498 g/mol. The molecule has 0 bridgehead atoms. The van der Waals surface area contributed by atoms with Crippen LogP contribution < -0.4 is 5.32 Å². The van der Waals surface area contributed by atoms with Gasteiger partial charge in [-0.1, -0.05) is 6.07 Å². The summed E-state index contributed by atoms with van der Waals surface area (Å²) in [7, 11) is 0. The van der Waals surface area contributed by atoms with Gasteiger partial charge >= 0.3 is 0 Å². The van der Waals surface area contributed by atoms with Crippen LogP contribution in [0.2, 0.25) is 0 Å². The molecule has 0 aromatic carbocycles. The molecule has 2 amide bonds. The lowest BCUT2D eigenvalue weighted by Crippen LogP contribution is -2.39. The zero-order valence-corrected chi connectivity index (χ0v) is 22.9. The second kappa shape index (κ2) is 11.4. The van der Waals surface area contributed by atoms with Crippen molar-refractivity contribution in [2.24, 2.45) is 0 Å². The number of piperidine rings is 1. The lowest BCUT2D eigenvalue weighted by molar-refractivity contribution is 0.0702. The highest BCUT2D eigenvalue weighted by atomic mass is 32.2. The SMILES string of the molecule is Cc1ccc(C(=O)NCCSCc2ccco2)c(C2CCN(C(=O)c3c(C)nc4c(C)cccn34)CC2)n1. The van der Waals surface area contributed by atoms with Gasteiger partial charge in [0.25, 0.3) is 11.8 Å². The molecule has 198 valence electrons. The van der Waals surface area contributed by atoms with Crippen LogP contribution in [0.3, 0.4) is 0 Å². The minimum Gasteiger partial charge on any atom is -0.468 e. The number of nitrogens with zero attached hydrogens (tertiary/aromatic N) is 4. The second-order valence-electron chi connectivity index (χ2n) is 9.77. The number of rotatable bonds is 8. The first-order valence-electron chi connectivity index (χ1n) is 13.0. The number of aryl methyl sites for hydroxylation is 3. The molecule has 9 heteroatoms. The molecule has 0 aliphatic carbocycles. The maximum Gasteiger partial charge on any atom is 0.272 e. The third-order valence-electron chi connectivity index (χ3n) is 7.06. The summed E-state index contributed by atoms with van der Waals surface area (Å²) in [4.78, 5) is 37.9. The van der Waals surface area contributed by atoms with E-state index in [0.29, 0.717) is 30.9 Å². The number of amides is 2. The predicted molar refractivity (Wildman–Crippen MR) is 149 cm³/mol. The quantitative estimate of drug-likeness (QED) is 0.324. The van der Waals surface area contributed by atoms with E-state index in [2.05, 4.69) is 10.3 Å². The Kier molecular flexibility index (Phi) is 7.83. The van der Waals surface area contributed by atoms with E-state index in [1.807, 2.05) is 72.7 Å². The number of thioether (sulfide) groups is 1. The number of hydrogen-bond donors (Lipinski definition) is 1. The second-order valence-corrected chi connectivity index (χ2v) is 10.9. The van der Waals surface area contributed by atoms with Crippen LogP contribution in [0, 0.1) is 20.8 Å². The Bertz CT molecular complexity index is 1440. The summed E-state index contributed by atoms with van der Waals surface area (Å²) in [6, 6.07) is 11.5. The van der Waals surface area contributed by atoms with Crippen molar-refractivity contribution < 1.29 is 14.0 Å². The Balaban J connectivity index is 1.22. The highest BCUT2D eigenvalue weighted by molar-refractivity contribution is 7.98. The van der Waals surface area contributed by atoms with E-state index in [0.717, 1.165) is 58.4 Å². The zero-order valence-electron chi connectivity index (χ0n) is 22.1. The molecule has 8 nitrogen and oxygen atoms in total. The van der Waals surface area contributed by atoms with Crippen molar-refractivity contribution in [2.45, 2.75) is 45.3 Å². The van der Waals surface area contributed by atoms with Crippen molar-refractivity contribution in [3.8, 4) is 0 Å². The van der Waals surface area contributed by atoms with Gasteiger partial charge in [0.15, 0.2) is 0 Å². The first-order chi connectivity index (χ1) is 18.4. The molecule has 1 fully saturated rings. The topological polar surface area (TPSA) is 92.7 Å². The fraction of sp³-hybridized carbons (Fsp3) is 0.379. The van der Waals surface area contributed by atoms with E-state index in [9.17, 15) is 9.59 Å². The third-order valence-corrected chi connectivity index (χ3v) is 8.04. The van der Waals surface area contributed by atoms with Gasteiger partial charge in [0.1, 0.15) is 17.1 Å². The molecular formula is C29H33N5O3S. The number of aromatic nitrogens is 3. The van der Waals surface area contributed by atoms with Crippen molar-refractivity contribution >= 4 is 29.2 Å². The number of carbonyl (C=O) groups is 2. The third kappa shape index (κ3) is 5.48. The van der Waals surface area contributed by atoms with Crippen LogP contribution in [-0.2, 0) is 5.75 Å². The smallest absolute Gasteiger partial charge is 0.272 e. The number of furan rings is 1. The molecule has 4 aromatic rings. The predicted octanol–water partition coefficient (Wildman–Crippen LogP) is 4.93. The molecule has 0 atom stereocenters. The fourth-order valence-electron chi connectivity index (χ4n) is 5.06.